The second kappa shape index (κ2) is 2.44. The fourth-order valence-electron chi connectivity index (χ4n) is 1.35. The van der Waals surface area contributed by atoms with Crippen molar-refractivity contribution in [1.82, 2.24) is 5.32 Å². The smallest absolute Gasteiger partial charge is 0.104 e. The summed E-state index contributed by atoms with van der Waals surface area (Å²) in [5.41, 5.74) is 8.15. The van der Waals surface area contributed by atoms with Gasteiger partial charge in [-0.25, -0.2) is 0 Å². The van der Waals surface area contributed by atoms with Crippen molar-refractivity contribution < 1.29 is 5.11 Å². The normalized spacial score (nSPS) is 21.0. The van der Waals surface area contributed by atoms with Gasteiger partial charge in [0.15, 0.2) is 0 Å². The zero-order valence-electron chi connectivity index (χ0n) is 6.54. The van der Waals surface area contributed by atoms with Crippen LogP contribution in [-0.4, -0.2) is 5.11 Å². The monoisotopic (exact) mass is 162 g/mol. The van der Waals surface area contributed by atoms with E-state index in [1.165, 1.54) is 0 Å². The summed E-state index contributed by atoms with van der Waals surface area (Å²) in [6.07, 6.45) is 7.73. The molecule has 1 aliphatic heterocycles. The van der Waals surface area contributed by atoms with Crippen LogP contribution >= 0.6 is 0 Å². The Labute approximate surface area is 70.6 Å². The second-order valence-corrected chi connectivity index (χ2v) is 2.78. The number of dihydropyridines is 1. The lowest BCUT2D eigenvalue weighted by molar-refractivity contribution is 0.395. The molecule has 0 spiro atoms. The summed E-state index contributed by atoms with van der Waals surface area (Å²) in [4.78, 5) is 0. The predicted molar refractivity (Wildman–Crippen MR) is 46.9 cm³/mol. The third-order valence-corrected chi connectivity index (χ3v) is 2.00. The van der Waals surface area contributed by atoms with Gasteiger partial charge >= 0.3 is 0 Å². The van der Waals surface area contributed by atoms with Crippen molar-refractivity contribution in [3.05, 3.63) is 47.2 Å². The maximum Gasteiger partial charge on any atom is 0.104 e. The minimum atomic E-state index is 0.383. The highest BCUT2D eigenvalue weighted by atomic mass is 16.3. The topological polar surface area (TPSA) is 58.3 Å². The van der Waals surface area contributed by atoms with Crippen molar-refractivity contribution >= 4 is 0 Å². The molecule has 0 unspecified atom stereocenters. The zero-order valence-corrected chi connectivity index (χ0v) is 6.54. The third kappa shape index (κ3) is 0.906. The highest BCUT2D eigenvalue weighted by Gasteiger charge is 2.16. The van der Waals surface area contributed by atoms with E-state index in [-0.39, 0.29) is 0 Å². The molecule has 0 fully saturated rings. The first kappa shape index (κ1) is 7.03. The minimum absolute atomic E-state index is 0.383. The van der Waals surface area contributed by atoms with Gasteiger partial charge in [0, 0.05) is 35.7 Å². The average molecular weight is 162 g/mol. The highest BCUT2D eigenvalue weighted by Crippen LogP contribution is 2.27. The van der Waals surface area contributed by atoms with Gasteiger partial charge in [0.2, 0.25) is 0 Å². The summed E-state index contributed by atoms with van der Waals surface area (Å²) in [5.74, 6) is 0.383. The lowest BCUT2D eigenvalue weighted by Gasteiger charge is -2.18. The van der Waals surface area contributed by atoms with Crippen LogP contribution in [0.5, 0.6) is 0 Å². The Bertz CT molecular complexity index is 334. The highest BCUT2D eigenvalue weighted by molar-refractivity contribution is 5.56. The van der Waals surface area contributed by atoms with E-state index in [0.717, 1.165) is 16.8 Å². The van der Waals surface area contributed by atoms with Crippen LogP contribution in [0.1, 0.15) is 6.42 Å². The Morgan fingerprint density at radius 3 is 3.08 bits per heavy atom. The van der Waals surface area contributed by atoms with E-state index in [2.05, 4.69) is 5.32 Å². The van der Waals surface area contributed by atoms with Gasteiger partial charge in [-0.2, -0.15) is 0 Å². The van der Waals surface area contributed by atoms with Crippen LogP contribution < -0.4 is 11.1 Å². The molecule has 12 heavy (non-hydrogen) atoms. The maximum absolute atomic E-state index is 9.48. The summed E-state index contributed by atoms with van der Waals surface area (Å²) in [6.45, 7) is 0. The third-order valence-electron chi connectivity index (χ3n) is 2.00. The second-order valence-electron chi connectivity index (χ2n) is 2.78. The van der Waals surface area contributed by atoms with Gasteiger partial charge in [-0.05, 0) is 6.08 Å². The molecule has 3 heteroatoms. The van der Waals surface area contributed by atoms with Crippen LogP contribution in [0.3, 0.4) is 0 Å². The van der Waals surface area contributed by atoms with Gasteiger partial charge in [0.05, 0.1) is 0 Å². The van der Waals surface area contributed by atoms with Crippen molar-refractivity contribution in [2.45, 2.75) is 6.42 Å². The molecule has 0 bridgehead atoms. The first-order valence-electron chi connectivity index (χ1n) is 3.80. The molecule has 0 radical (unpaired) electrons. The summed E-state index contributed by atoms with van der Waals surface area (Å²) < 4.78 is 0. The lowest BCUT2D eigenvalue weighted by atomic mass is 9.95. The standard InChI is InChI=1S/C9H10N2O/c10-8-1-2-9(12)6-3-4-11-5-7(6)8/h1,3-5,11-12H,2,10H2. The van der Waals surface area contributed by atoms with E-state index in [4.69, 9.17) is 5.73 Å². The molecule has 2 rings (SSSR count). The SMILES string of the molecule is NC1=CCC(O)=C2C=CNC=C12. The quantitative estimate of drug-likeness (QED) is 0.499. The molecule has 0 aromatic rings. The number of rotatable bonds is 0. The molecule has 4 N–H and O–H groups in total. The van der Waals surface area contributed by atoms with Crippen molar-refractivity contribution in [1.29, 1.82) is 0 Å². The molecule has 1 aliphatic carbocycles. The van der Waals surface area contributed by atoms with Crippen LogP contribution in [0, 0.1) is 0 Å². The lowest BCUT2D eigenvalue weighted by Crippen LogP contribution is -2.14. The van der Waals surface area contributed by atoms with Crippen molar-refractivity contribution in [2.75, 3.05) is 0 Å². The van der Waals surface area contributed by atoms with E-state index in [1.807, 2.05) is 12.2 Å². The van der Waals surface area contributed by atoms with Crippen LogP contribution in [0.15, 0.2) is 47.2 Å². The Hall–Kier alpha value is -1.64. The van der Waals surface area contributed by atoms with Crippen LogP contribution in [0.4, 0.5) is 0 Å². The van der Waals surface area contributed by atoms with E-state index in [9.17, 15) is 5.11 Å². The number of nitrogens with two attached hydrogens (primary N) is 1. The molecule has 0 atom stereocenters. The summed E-state index contributed by atoms with van der Waals surface area (Å²) in [5, 5.41) is 12.4. The molecule has 0 aromatic carbocycles. The van der Waals surface area contributed by atoms with Crippen molar-refractivity contribution in [3.63, 3.8) is 0 Å². The molecule has 2 aliphatic rings. The summed E-state index contributed by atoms with van der Waals surface area (Å²) >= 11 is 0. The average Bonchev–Trinajstić information content (AvgIpc) is 2.12. The van der Waals surface area contributed by atoms with Crippen LogP contribution in [-0.2, 0) is 0 Å². The van der Waals surface area contributed by atoms with Gasteiger partial charge < -0.3 is 16.2 Å². The molecule has 0 aromatic heterocycles. The van der Waals surface area contributed by atoms with Crippen molar-refractivity contribution in [3.8, 4) is 0 Å². The largest absolute Gasteiger partial charge is 0.511 e. The molecule has 62 valence electrons. The first-order valence-corrected chi connectivity index (χ1v) is 3.80. The Morgan fingerprint density at radius 1 is 1.50 bits per heavy atom. The van der Waals surface area contributed by atoms with Crippen LogP contribution in [0.25, 0.3) is 0 Å². The van der Waals surface area contributed by atoms with Gasteiger partial charge in [-0.1, -0.05) is 6.08 Å². The number of aliphatic hydroxyl groups excluding tert-OH is 1. The number of aliphatic hydroxyl groups is 1. The van der Waals surface area contributed by atoms with Gasteiger partial charge in [0.1, 0.15) is 5.76 Å². The predicted octanol–water partition coefficient (Wildman–Crippen LogP) is 1.05. The molecular weight excluding hydrogens is 152 g/mol. The van der Waals surface area contributed by atoms with Gasteiger partial charge in [-0.15, -0.1) is 0 Å². The Kier molecular flexibility index (Phi) is 1.43. The van der Waals surface area contributed by atoms with E-state index >= 15 is 0 Å². The fourth-order valence-corrected chi connectivity index (χ4v) is 1.35. The first-order chi connectivity index (χ1) is 5.79. The molecule has 3 nitrogen and oxygen atoms in total. The van der Waals surface area contributed by atoms with Gasteiger partial charge in [0.25, 0.3) is 0 Å². The number of fused-ring (bicyclic) bond motifs is 1. The molecule has 1 heterocycles. The van der Waals surface area contributed by atoms with E-state index < -0.39 is 0 Å². The molecular formula is C9H10N2O. The Morgan fingerprint density at radius 2 is 2.33 bits per heavy atom. The Balaban J connectivity index is 2.48. The summed E-state index contributed by atoms with van der Waals surface area (Å²) in [6, 6.07) is 0. The fraction of sp³-hybridized carbons (Fsp3) is 0.111. The zero-order chi connectivity index (χ0) is 8.55. The number of hydrogen-bond acceptors (Lipinski definition) is 3. The minimum Gasteiger partial charge on any atom is -0.511 e. The van der Waals surface area contributed by atoms with E-state index in [1.54, 1.807) is 12.4 Å². The molecule has 0 saturated carbocycles. The maximum atomic E-state index is 9.48. The van der Waals surface area contributed by atoms with Crippen LogP contribution in [0.2, 0.25) is 0 Å². The van der Waals surface area contributed by atoms with E-state index in [0.29, 0.717) is 12.2 Å². The number of hydrogen-bond donors (Lipinski definition) is 3. The van der Waals surface area contributed by atoms with Gasteiger partial charge in [-0.3, -0.25) is 0 Å². The number of nitrogens with one attached hydrogen (secondary N) is 1. The molecule has 0 amide bonds. The summed E-state index contributed by atoms with van der Waals surface area (Å²) in [7, 11) is 0. The van der Waals surface area contributed by atoms with Crippen molar-refractivity contribution in [2.24, 2.45) is 5.73 Å². The molecule has 0 saturated heterocycles. The number of allylic oxidation sites excluding steroid dienone is 3.